The fraction of sp³-hybridized carbons (Fsp3) is 0.238. The molecule has 31 heavy (non-hydrogen) atoms. The summed E-state index contributed by atoms with van der Waals surface area (Å²) in [5.41, 5.74) is 0.997. The Labute approximate surface area is 189 Å². The van der Waals surface area contributed by atoms with Gasteiger partial charge in [-0.1, -0.05) is 30.3 Å². The highest BCUT2D eigenvalue weighted by molar-refractivity contribution is 9.10. The van der Waals surface area contributed by atoms with Crippen LogP contribution < -0.4 is 4.31 Å². The molecule has 1 aromatic heterocycles. The molecule has 0 bridgehead atoms. The molecule has 0 unspecified atom stereocenters. The Morgan fingerprint density at radius 3 is 2.39 bits per heavy atom. The molecule has 1 amide bonds. The van der Waals surface area contributed by atoms with Crippen LogP contribution in [0.25, 0.3) is 5.69 Å². The number of nitrogens with zero attached hydrogens (tertiary/aromatic N) is 4. The van der Waals surface area contributed by atoms with E-state index in [1.165, 1.54) is 17.8 Å². The van der Waals surface area contributed by atoms with Crippen LogP contribution in [0.5, 0.6) is 0 Å². The molecule has 2 heterocycles. The molecular weight excluding hydrogens is 484 g/mol. The number of hydrogen-bond donors (Lipinski definition) is 0. The molecule has 10 heteroatoms. The van der Waals surface area contributed by atoms with E-state index < -0.39 is 10.0 Å². The van der Waals surface area contributed by atoms with Gasteiger partial charge in [-0.25, -0.2) is 13.1 Å². The molecule has 162 valence electrons. The Balaban J connectivity index is 1.80. The van der Waals surface area contributed by atoms with Crippen molar-refractivity contribution in [2.75, 3.05) is 37.7 Å². The van der Waals surface area contributed by atoms with E-state index in [2.05, 4.69) is 21.0 Å². The smallest absolute Gasteiger partial charge is 0.276 e. The van der Waals surface area contributed by atoms with Crippen molar-refractivity contribution < 1.29 is 17.9 Å². The van der Waals surface area contributed by atoms with Crippen molar-refractivity contribution in [3.8, 4) is 5.69 Å². The molecule has 2 aromatic carbocycles. The van der Waals surface area contributed by atoms with Gasteiger partial charge in [0.15, 0.2) is 5.69 Å². The van der Waals surface area contributed by atoms with E-state index >= 15 is 0 Å². The SMILES string of the molecule is CN(c1cn(-c2ccccc2)nc1C(=O)N1CCOCC1)S(=O)(=O)c1ccccc1Br. The van der Waals surface area contributed by atoms with E-state index in [1.54, 1.807) is 29.3 Å². The third-order valence-electron chi connectivity index (χ3n) is 5.03. The third kappa shape index (κ3) is 4.23. The van der Waals surface area contributed by atoms with Crippen LogP contribution in [0.1, 0.15) is 10.5 Å². The molecule has 0 aliphatic carbocycles. The Morgan fingerprint density at radius 2 is 1.71 bits per heavy atom. The first-order valence-corrected chi connectivity index (χ1v) is 11.9. The summed E-state index contributed by atoms with van der Waals surface area (Å²) in [6.07, 6.45) is 1.57. The monoisotopic (exact) mass is 504 g/mol. The van der Waals surface area contributed by atoms with Crippen LogP contribution in [0, 0.1) is 0 Å². The highest BCUT2D eigenvalue weighted by atomic mass is 79.9. The molecule has 0 radical (unpaired) electrons. The molecule has 1 aliphatic heterocycles. The van der Waals surface area contributed by atoms with Crippen molar-refractivity contribution >= 4 is 37.5 Å². The molecule has 1 saturated heterocycles. The Bertz CT molecular complexity index is 1190. The quantitative estimate of drug-likeness (QED) is 0.533. The first kappa shape index (κ1) is 21.5. The lowest BCUT2D eigenvalue weighted by Crippen LogP contribution is -2.41. The average molecular weight is 505 g/mol. The van der Waals surface area contributed by atoms with Crippen LogP contribution in [0.15, 0.2) is 70.2 Å². The molecule has 3 aromatic rings. The highest BCUT2D eigenvalue weighted by Crippen LogP contribution is 2.30. The minimum Gasteiger partial charge on any atom is -0.378 e. The second-order valence-electron chi connectivity index (χ2n) is 6.95. The molecule has 8 nitrogen and oxygen atoms in total. The van der Waals surface area contributed by atoms with Gasteiger partial charge in [0.05, 0.1) is 25.1 Å². The topological polar surface area (TPSA) is 84.7 Å². The average Bonchev–Trinajstić information content (AvgIpc) is 3.24. The number of ether oxygens (including phenoxy) is 1. The Morgan fingerprint density at radius 1 is 1.06 bits per heavy atom. The largest absolute Gasteiger partial charge is 0.378 e. The van der Waals surface area contributed by atoms with Crippen molar-refractivity contribution in [2.45, 2.75) is 4.90 Å². The van der Waals surface area contributed by atoms with Gasteiger partial charge in [-0.2, -0.15) is 5.10 Å². The van der Waals surface area contributed by atoms with Crippen LogP contribution in [0.2, 0.25) is 0 Å². The lowest BCUT2D eigenvalue weighted by atomic mass is 10.3. The maximum absolute atomic E-state index is 13.4. The first-order valence-electron chi connectivity index (χ1n) is 9.65. The number of aromatic nitrogens is 2. The second kappa shape index (κ2) is 8.81. The normalized spacial score (nSPS) is 14.5. The molecule has 0 atom stereocenters. The van der Waals surface area contributed by atoms with Gasteiger partial charge in [-0.15, -0.1) is 0 Å². The minimum atomic E-state index is -3.94. The van der Waals surface area contributed by atoms with Crippen molar-refractivity contribution in [1.29, 1.82) is 0 Å². The van der Waals surface area contributed by atoms with Crippen molar-refractivity contribution in [3.05, 3.63) is 71.0 Å². The number of carbonyl (C=O) groups is 1. The van der Waals surface area contributed by atoms with Gasteiger partial charge < -0.3 is 9.64 Å². The van der Waals surface area contributed by atoms with Crippen LogP contribution >= 0.6 is 15.9 Å². The summed E-state index contributed by atoms with van der Waals surface area (Å²) in [6.45, 7) is 1.73. The van der Waals surface area contributed by atoms with Crippen LogP contribution in [-0.4, -0.2) is 62.4 Å². The number of amides is 1. The van der Waals surface area contributed by atoms with Crippen molar-refractivity contribution in [2.24, 2.45) is 0 Å². The van der Waals surface area contributed by atoms with Gasteiger partial charge in [0.25, 0.3) is 15.9 Å². The van der Waals surface area contributed by atoms with Crippen molar-refractivity contribution in [1.82, 2.24) is 14.7 Å². The van der Waals surface area contributed by atoms with Gasteiger partial charge in [-0.05, 0) is 40.2 Å². The summed E-state index contributed by atoms with van der Waals surface area (Å²) in [5, 5.41) is 4.47. The third-order valence-corrected chi connectivity index (χ3v) is 7.81. The van der Waals surface area contributed by atoms with E-state index in [9.17, 15) is 13.2 Å². The second-order valence-corrected chi connectivity index (χ2v) is 9.74. The molecule has 1 fully saturated rings. The number of benzene rings is 2. The number of rotatable bonds is 5. The number of halogens is 1. The van der Waals surface area contributed by atoms with E-state index in [1.807, 2.05) is 30.3 Å². The summed E-state index contributed by atoms with van der Waals surface area (Å²) < 4.78 is 35.1. The summed E-state index contributed by atoms with van der Waals surface area (Å²) in [6, 6.07) is 15.8. The number of sulfonamides is 1. The van der Waals surface area contributed by atoms with E-state index in [0.29, 0.717) is 30.8 Å². The zero-order valence-electron chi connectivity index (χ0n) is 16.8. The van der Waals surface area contributed by atoms with Crippen LogP contribution in [-0.2, 0) is 14.8 Å². The lowest BCUT2D eigenvalue weighted by Gasteiger charge is -2.27. The zero-order valence-corrected chi connectivity index (χ0v) is 19.2. The van der Waals surface area contributed by atoms with E-state index in [0.717, 1.165) is 9.99 Å². The number of anilines is 1. The van der Waals surface area contributed by atoms with Gasteiger partial charge in [0, 0.05) is 24.6 Å². The predicted molar refractivity (Wildman–Crippen MR) is 120 cm³/mol. The van der Waals surface area contributed by atoms with Crippen LogP contribution in [0.3, 0.4) is 0 Å². The van der Waals surface area contributed by atoms with Gasteiger partial charge in [0.1, 0.15) is 10.6 Å². The summed E-state index contributed by atoms with van der Waals surface area (Å²) in [7, 11) is -2.51. The molecular formula is C21H21BrN4O4S. The first-order chi connectivity index (χ1) is 14.9. The molecule has 1 aliphatic rings. The van der Waals surface area contributed by atoms with Gasteiger partial charge in [-0.3, -0.25) is 9.10 Å². The number of para-hydroxylation sites is 1. The van der Waals surface area contributed by atoms with Crippen LogP contribution in [0.4, 0.5) is 5.69 Å². The Hall–Kier alpha value is -2.69. The Kier molecular flexibility index (Phi) is 6.12. The standard InChI is InChI=1S/C21H21BrN4O4S/c1-24(31(28,29)19-10-6-5-9-17(19)22)18-15-26(16-7-3-2-4-8-16)23-20(18)21(27)25-11-13-30-14-12-25/h2-10,15H,11-14H2,1H3. The maximum Gasteiger partial charge on any atom is 0.276 e. The van der Waals surface area contributed by atoms with E-state index in [4.69, 9.17) is 4.74 Å². The predicted octanol–water partition coefficient (Wildman–Crippen LogP) is 2.93. The summed E-state index contributed by atoms with van der Waals surface area (Å²) in [4.78, 5) is 15.0. The summed E-state index contributed by atoms with van der Waals surface area (Å²) in [5.74, 6) is -0.331. The van der Waals surface area contributed by atoms with Gasteiger partial charge in [0.2, 0.25) is 0 Å². The van der Waals surface area contributed by atoms with Crippen molar-refractivity contribution in [3.63, 3.8) is 0 Å². The molecule has 4 rings (SSSR count). The lowest BCUT2D eigenvalue weighted by molar-refractivity contribution is 0.0299. The highest BCUT2D eigenvalue weighted by Gasteiger charge is 2.32. The fourth-order valence-electron chi connectivity index (χ4n) is 3.31. The molecule has 0 saturated carbocycles. The maximum atomic E-state index is 13.4. The molecule has 0 spiro atoms. The number of carbonyl (C=O) groups excluding carboxylic acids is 1. The number of morpholine rings is 1. The van der Waals surface area contributed by atoms with E-state index in [-0.39, 0.29) is 22.2 Å². The fourth-order valence-corrected chi connectivity index (χ4v) is 5.46. The zero-order chi connectivity index (χ0) is 22.0. The van der Waals surface area contributed by atoms with Gasteiger partial charge >= 0.3 is 0 Å². The molecule has 0 N–H and O–H groups in total. The summed E-state index contributed by atoms with van der Waals surface area (Å²) >= 11 is 3.31. The number of hydrogen-bond acceptors (Lipinski definition) is 5. The minimum absolute atomic E-state index is 0.0730.